The van der Waals surface area contributed by atoms with E-state index >= 15 is 0 Å². The highest BCUT2D eigenvalue weighted by Gasteiger charge is 2.11. The van der Waals surface area contributed by atoms with Crippen LogP contribution < -0.4 is 20.3 Å². The molecule has 0 aliphatic heterocycles. The first-order valence-corrected chi connectivity index (χ1v) is 9.30. The smallest absolute Gasteiger partial charge is 0.269 e. The second-order valence-corrected chi connectivity index (χ2v) is 6.13. The summed E-state index contributed by atoms with van der Waals surface area (Å²) in [6.45, 7) is 2.34. The number of nitrogens with zero attached hydrogens (tertiary/aromatic N) is 2. The van der Waals surface area contributed by atoms with Crippen molar-refractivity contribution in [2.45, 2.75) is 6.92 Å². The lowest BCUT2D eigenvalue weighted by Crippen LogP contribution is -2.40. The van der Waals surface area contributed by atoms with E-state index < -0.39 is 11.8 Å². The van der Waals surface area contributed by atoms with Crippen molar-refractivity contribution in [2.75, 3.05) is 13.7 Å². The number of para-hydroxylation sites is 1. The van der Waals surface area contributed by atoms with Gasteiger partial charge in [0.2, 0.25) is 0 Å². The van der Waals surface area contributed by atoms with Crippen LogP contribution in [0.2, 0.25) is 0 Å². The van der Waals surface area contributed by atoms with Gasteiger partial charge >= 0.3 is 0 Å². The molecule has 1 heterocycles. The summed E-state index contributed by atoms with van der Waals surface area (Å²) in [7, 11) is 1.49. The Bertz CT molecular complexity index is 1040. The Kier molecular flexibility index (Phi) is 6.83. The lowest BCUT2D eigenvalue weighted by Gasteiger charge is -2.11. The Morgan fingerprint density at radius 3 is 2.63 bits per heavy atom. The Hall–Kier alpha value is -4.07. The minimum Gasteiger partial charge on any atom is -0.493 e. The van der Waals surface area contributed by atoms with Gasteiger partial charge in [0.05, 0.1) is 25.6 Å². The summed E-state index contributed by atoms with van der Waals surface area (Å²) in [4.78, 5) is 24.3. The molecule has 0 aliphatic carbocycles. The van der Waals surface area contributed by atoms with E-state index in [2.05, 4.69) is 16.0 Å². The number of hydrazine groups is 1. The second-order valence-electron chi connectivity index (χ2n) is 6.13. The van der Waals surface area contributed by atoms with Crippen LogP contribution in [0.1, 0.15) is 22.8 Å². The van der Waals surface area contributed by atoms with Crippen molar-refractivity contribution in [1.82, 2.24) is 20.6 Å². The van der Waals surface area contributed by atoms with Crippen molar-refractivity contribution in [3.05, 3.63) is 78.1 Å². The van der Waals surface area contributed by atoms with Gasteiger partial charge in [-0.15, -0.1) is 0 Å². The molecule has 2 amide bonds. The summed E-state index contributed by atoms with van der Waals surface area (Å²) in [5, 5.41) is 4.26. The maximum Gasteiger partial charge on any atom is 0.269 e. The van der Waals surface area contributed by atoms with Crippen molar-refractivity contribution in [3.63, 3.8) is 0 Å². The Morgan fingerprint density at radius 2 is 1.90 bits per heavy atom. The van der Waals surface area contributed by atoms with Crippen LogP contribution in [-0.4, -0.2) is 35.3 Å². The standard InChI is InChI=1S/C22H22N4O4/c1-3-30-19-11-10-17(13-20(19)29-2)22(28)25-24-21(27)12-9-16-14-23-26(15-16)18-7-5-4-6-8-18/h4-15H,3H2,1-2H3,(H,24,27)(H,25,28)/b12-9+. The van der Waals surface area contributed by atoms with Crippen molar-refractivity contribution in [3.8, 4) is 17.2 Å². The number of rotatable bonds is 7. The van der Waals surface area contributed by atoms with Crippen LogP contribution in [0.3, 0.4) is 0 Å². The fraction of sp³-hybridized carbons (Fsp3) is 0.136. The molecule has 0 atom stereocenters. The largest absolute Gasteiger partial charge is 0.493 e. The van der Waals surface area contributed by atoms with E-state index in [1.54, 1.807) is 41.4 Å². The zero-order valence-electron chi connectivity index (χ0n) is 16.7. The van der Waals surface area contributed by atoms with Crippen LogP contribution in [-0.2, 0) is 4.79 Å². The number of carbonyl (C=O) groups is 2. The molecule has 0 bridgehead atoms. The summed E-state index contributed by atoms with van der Waals surface area (Å²) in [5.41, 5.74) is 6.69. The minimum absolute atomic E-state index is 0.323. The summed E-state index contributed by atoms with van der Waals surface area (Å²) in [6, 6.07) is 14.4. The molecule has 8 nitrogen and oxygen atoms in total. The number of aromatic nitrogens is 2. The van der Waals surface area contributed by atoms with Gasteiger partial charge in [-0.25, -0.2) is 4.68 Å². The SMILES string of the molecule is CCOc1ccc(C(=O)NNC(=O)/C=C/c2cnn(-c3ccccc3)c2)cc1OC. The topological polar surface area (TPSA) is 94.5 Å². The van der Waals surface area contributed by atoms with Gasteiger partial charge in [0.15, 0.2) is 11.5 Å². The lowest BCUT2D eigenvalue weighted by molar-refractivity contribution is -0.117. The van der Waals surface area contributed by atoms with Gasteiger partial charge in [0, 0.05) is 23.4 Å². The van der Waals surface area contributed by atoms with Gasteiger partial charge in [-0.3, -0.25) is 20.4 Å². The molecule has 1 aromatic heterocycles. The van der Waals surface area contributed by atoms with Gasteiger partial charge in [0.1, 0.15) is 0 Å². The van der Waals surface area contributed by atoms with E-state index in [-0.39, 0.29) is 0 Å². The molecule has 154 valence electrons. The van der Waals surface area contributed by atoms with Crippen LogP contribution in [0, 0.1) is 0 Å². The van der Waals surface area contributed by atoms with Crippen molar-refractivity contribution in [1.29, 1.82) is 0 Å². The molecule has 0 saturated carbocycles. The van der Waals surface area contributed by atoms with Gasteiger partial charge in [-0.2, -0.15) is 5.10 Å². The van der Waals surface area contributed by atoms with E-state index in [4.69, 9.17) is 9.47 Å². The number of amides is 2. The number of methoxy groups -OCH3 is 1. The summed E-state index contributed by atoms with van der Waals surface area (Å²) in [6.07, 6.45) is 6.35. The number of hydrogen-bond acceptors (Lipinski definition) is 5. The van der Waals surface area contributed by atoms with Crippen LogP contribution in [0.5, 0.6) is 11.5 Å². The van der Waals surface area contributed by atoms with Crippen LogP contribution in [0.15, 0.2) is 67.0 Å². The maximum atomic E-state index is 12.3. The van der Waals surface area contributed by atoms with Crippen molar-refractivity contribution in [2.24, 2.45) is 0 Å². The highest BCUT2D eigenvalue weighted by Crippen LogP contribution is 2.27. The molecule has 8 heteroatoms. The third-order valence-electron chi connectivity index (χ3n) is 4.08. The molecule has 0 unspecified atom stereocenters. The quantitative estimate of drug-likeness (QED) is 0.465. The molecule has 3 rings (SSSR count). The van der Waals surface area contributed by atoms with Gasteiger partial charge in [0.25, 0.3) is 11.8 Å². The minimum atomic E-state index is -0.478. The molecule has 0 aliphatic rings. The van der Waals surface area contributed by atoms with Crippen LogP contribution in [0.4, 0.5) is 0 Å². The molecular weight excluding hydrogens is 384 g/mol. The zero-order valence-corrected chi connectivity index (χ0v) is 16.7. The normalized spacial score (nSPS) is 10.6. The first-order valence-electron chi connectivity index (χ1n) is 9.30. The van der Waals surface area contributed by atoms with Gasteiger partial charge in [-0.05, 0) is 43.3 Å². The third kappa shape index (κ3) is 5.26. The monoisotopic (exact) mass is 406 g/mol. The Labute approximate surface area is 174 Å². The Morgan fingerprint density at radius 1 is 1.10 bits per heavy atom. The molecule has 0 radical (unpaired) electrons. The van der Waals surface area contributed by atoms with Crippen LogP contribution >= 0.6 is 0 Å². The first kappa shape index (κ1) is 20.7. The van der Waals surface area contributed by atoms with Gasteiger partial charge < -0.3 is 9.47 Å². The molecule has 0 spiro atoms. The van der Waals surface area contributed by atoms with E-state index in [1.165, 1.54) is 13.2 Å². The van der Waals surface area contributed by atoms with Crippen LogP contribution in [0.25, 0.3) is 11.8 Å². The summed E-state index contributed by atoms with van der Waals surface area (Å²) < 4.78 is 12.4. The van der Waals surface area contributed by atoms with E-state index in [9.17, 15) is 9.59 Å². The van der Waals surface area contributed by atoms with E-state index in [0.717, 1.165) is 11.3 Å². The predicted molar refractivity (Wildman–Crippen MR) is 112 cm³/mol. The number of hydrogen-bond donors (Lipinski definition) is 2. The van der Waals surface area contributed by atoms with Crippen molar-refractivity contribution >= 4 is 17.9 Å². The number of ether oxygens (including phenoxy) is 2. The molecule has 30 heavy (non-hydrogen) atoms. The Balaban J connectivity index is 1.55. The highest BCUT2D eigenvalue weighted by atomic mass is 16.5. The van der Waals surface area contributed by atoms with E-state index in [1.807, 2.05) is 37.3 Å². The number of nitrogens with one attached hydrogen (secondary N) is 2. The molecule has 0 fully saturated rings. The number of carbonyl (C=O) groups excluding carboxylic acids is 2. The van der Waals surface area contributed by atoms with Gasteiger partial charge in [-0.1, -0.05) is 18.2 Å². The average molecular weight is 406 g/mol. The fourth-order valence-electron chi connectivity index (χ4n) is 2.63. The lowest BCUT2D eigenvalue weighted by atomic mass is 10.2. The molecule has 3 aromatic rings. The second kappa shape index (κ2) is 9.92. The van der Waals surface area contributed by atoms with E-state index in [0.29, 0.717) is 23.7 Å². The molecule has 2 aromatic carbocycles. The predicted octanol–water partition coefficient (Wildman–Crippen LogP) is 2.75. The zero-order chi connectivity index (χ0) is 21.3. The molecule has 0 saturated heterocycles. The average Bonchev–Trinajstić information content (AvgIpc) is 3.26. The maximum absolute atomic E-state index is 12.3. The first-order chi connectivity index (χ1) is 14.6. The summed E-state index contributed by atoms with van der Waals surface area (Å²) >= 11 is 0. The number of benzene rings is 2. The fourth-order valence-corrected chi connectivity index (χ4v) is 2.63. The van der Waals surface area contributed by atoms with Crippen molar-refractivity contribution < 1.29 is 19.1 Å². The third-order valence-corrected chi connectivity index (χ3v) is 4.08. The summed E-state index contributed by atoms with van der Waals surface area (Å²) in [5.74, 6) is 0.0226. The molecule has 2 N–H and O–H groups in total. The molecular formula is C22H22N4O4. The highest BCUT2D eigenvalue weighted by molar-refractivity contribution is 5.98.